The molecule has 0 bridgehead atoms. The van der Waals surface area contributed by atoms with E-state index in [2.05, 4.69) is 20.5 Å². The van der Waals surface area contributed by atoms with E-state index in [0.717, 1.165) is 24.6 Å². The van der Waals surface area contributed by atoms with Crippen LogP contribution in [-0.4, -0.2) is 36.1 Å². The second kappa shape index (κ2) is 6.22. The van der Waals surface area contributed by atoms with Gasteiger partial charge in [-0.05, 0) is 45.7 Å². The molecule has 0 spiro atoms. The van der Waals surface area contributed by atoms with Crippen molar-refractivity contribution in [1.29, 1.82) is 0 Å². The number of hydrogen-bond donors (Lipinski definition) is 2. The minimum atomic E-state index is -0.0654. The molecule has 1 aliphatic rings. The van der Waals surface area contributed by atoms with Gasteiger partial charge in [0.2, 0.25) is 5.91 Å². The van der Waals surface area contributed by atoms with Crippen molar-refractivity contribution >= 4 is 17.4 Å². The number of nitrogens with zero attached hydrogens (tertiary/aromatic N) is 2. The van der Waals surface area contributed by atoms with E-state index in [1.165, 1.54) is 12.8 Å². The van der Waals surface area contributed by atoms with Gasteiger partial charge in [0.1, 0.15) is 0 Å². The van der Waals surface area contributed by atoms with Crippen molar-refractivity contribution in [2.45, 2.75) is 39.2 Å². The molecule has 1 aliphatic heterocycles. The van der Waals surface area contributed by atoms with Crippen LogP contribution in [0.15, 0.2) is 18.3 Å². The number of amides is 1. The topological polar surface area (TPSA) is 57.3 Å². The van der Waals surface area contributed by atoms with Crippen molar-refractivity contribution in [3.8, 4) is 0 Å². The first-order chi connectivity index (χ1) is 9.46. The molecule has 5 nitrogen and oxygen atoms in total. The molecule has 1 aromatic heterocycles. The molecule has 0 unspecified atom stereocenters. The maximum absolute atomic E-state index is 12.0. The van der Waals surface area contributed by atoms with Crippen LogP contribution in [0.2, 0.25) is 0 Å². The number of carbonyl (C=O) groups is 1. The molecular weight excluding hydrogens is 252 g/mol. The minimum Gasteiger partial charge on any atom is -0.355 e. The maximum Gasteiger partial charge on any atom is 0.238 e. The van der Waals surface area contributed by atoms with E-state index in [9.17, 15) is 4.79 Å². The molecule has 1 amide bonds. The van der Waals surface area contributed by atoms with Crippen molar-refractivity contribution in [3.05, 3.63) is 18.3 Å². The highest BCUT2D eigenvalue weighted by Gasteiger charge is 2.18. The van der Waals surface area contributed by atoms with E-state index < -0.39 is 0 Å². The van der Waals surface area contributed by atoms with Crippen LogP contribution in [0.5, 0.6) is 0 Å². The lowest BCUT2D eigenvalue weighted by molar-refractivity contribution is -0.115. The molecule has 0 radical (unpaired) electrons. The zero-order valence-corrected chi connectivity index (χ0v) is 12.6. The van der Waals surface area contributed by atoms with Gasteiger partial charge in [-0.1, -0.05) is 0 Å². The summed E-state index contributed by atoms with van der Waals surface area (Å²) in [5.41, 5.74) is 0.736. The average molecular weight is 276 g/mol. The van der Waals surface area contributed by atoms with Gasteiger partial charge in [0.05, 0.1) is 12.2 Å². The summed E-state index contributed by atoms with van der Waals surface area (Å²) in [5, 5.41) is 6.14. The predicted octanol–water partition coefficient (Wildman–Crippen LogP) is 2.01. The van der Waals surface area contributed by atoms with Crippen LogP contribution >= 0.6 is 0 Å². The molecule has 20 heavy (non-hydrogen) atoms. The maximum atomic E-state index is 12.0. The average Bonchev–Trinajstić information content (AvgIpc) is 2.90. The number of pyridine rings is 1. The highest BCUT2D eigenvalue weighted by Crippen LogP contribution is 2.25. The lowest BCUT2D eigenvalue weighted by Gasteiger charge is -2.22. The summed E-state index contributed by atoms with van der Waals surface area (Å²) in [6.07, 6.45) is 4.15. The van der Waals surface area contributed by atoms with Gasteiger partial charge >= 0.3 is 0 Å². The summed E-state index contributed by atoms with van der Waals surface area (Å²) in [6, 6.07) is 3.77. The fourth-order valence-corrected chi connectivity index (χ4v) is 2.22. The van der Waals surface area contributed by atoms with Crippen LogP contribution in [0.4, 0.5) is 11.5 Å². The monoisotopic (exact) mass is 276 g/mol. The number of carbonyl (C=O) groups excluding carboxylic acids is 1. The number of aromatic nitrogens is 1. The minimum absolute atomic E-state index is 0.0339. The van der Waals surface area contributed by atoms with E-state index in [1.807, 2.05) is 32.9 Å². The summed E-state index contributed by atoms with van der Waals surface area (Å²) < 4.78 is 0. The van der Waals surface area contributed by atoms with Gasteiger partial charge in [-0.3, -0.25) is 4.79 Å². The first-order valence-corrected chi connectivity index (χ1v) is 7.20. The third kappa shape index (κ3) is 4.20. The summed E-state index contributed by atoms with van der Waals surface area (Å²) in [6.45, 7) is 8.46. The Balaban J connectivity index is 2.00. The molecule has 2 N–H and O–H groups in total. The molecule has 1 aromatic rings. The first kappa shape index (κ1) is 14.8. The third-order valence-electron chi connectivity index (χ3n) is 3.25. The number of nitrogens with one attached hydrogen (secondary N) is 2. The molecule has 0 aliphatic carbocycles. The SMILES string of the molecule is CC(C)(C)NCC(=O)Nc1cccnc1N1CCCC1. The fraction of sp³-hybridized carbons (Fsp3) is 0.600. The summed E-state index contributed by atoms with van der Waals surface area (Å²) >= 11 is 0. The van der Waals surface area contributed by atoms with Crippen LogP contribution in [0, 0.1) is 0 Å². The van der Waals surface area contributed by atoms with Gasteiger partial charge in [0.25, 0.3) is 0 Å². The molecule has 5 heteroatoms. The Hall–Kier alpha value is -1.62. The second-order valence-electron chi connectivity index (χ2n) is 6.22. The van der Waals surface area contributed by atoms with E-state index in [0.29, 0.717) is 6.54 Å². The van der Waals surface area contributed by atoms with Crippen molar-refractivity contribution in [2.24, 2.45) is 0 Å². The Kier molecular flexibility index (Phi) is 4.60. The molecule has 0 aromatic carbocycles. The molecule has 1 fully saturated rings. The lowest BCUT2D eigenvalue weighted by atomic mass is 10.1. The number of rotatable bonds is 4. The second-order valence-corrected chi connectivity index (χ2v) is 6.22. The molecule has 2 heterocycles. The predicted molar refractivity (Wildman–Crippen MR) is 82.1 cm³/mol. The Morgan fingerprint density at radius 3 is 2.70 bits per heavy atom. The molecular formula is C15H24N4O. The Morgan fingerprint density at radius 1 is 1.35 bits per heavy atom. The normalized spacial score (nSPS) is 15.4. The van der Waals surface area contributed by atoms with Gasteiger partial charge in [0, 0.05) is 24.8 Å². The standard InChI is InChI=1S/C15H24N4O/c1-15(2,3)17-11-13(20)18-12-7-6-8-16-14(12)19-9-4-5-10-19/h6-8,17H,4-5,9-11H2,1-3H3,(H,18,20). The quantitative estimate of drug-likeness (QED) is 0.883. The van der Waals surface area contributed by atoms with Crippen LogP contribution in [0.1, 0.15) is 33.6 Å². The number of anilines is 2. The molecule has 1 saturated heterocycles. The summed E-state index contributed by atoms with van der Waals surface area (Å²) in [5.74, 6) is 0.850. The van der Waals surface area contributed by atoms with Gasteiger partial charge in [-0.25, -0.2) is 4.98 Å². The van der Waals surface area contributed by atoms with E-state index in [4.69, 9.17) is 0 Å². The fourth-order valence-electron chi connectivity index (χ4n) is 2.22. The van der Waals surface area contributed by atoms with Crippen LogP contribution in [0.3, 0.4) is 0 Å². The van der Waals surface area contributed by atoms with Crippen LogP contribution in [0.25, 0.3) is 0 Å². The van der Waals surface area contributed by atoms with Gasteiger partial charge in [0.15, 0.2) is 5.82 Å². The van der Waals surface area contributed by atoms with Crippen molar-refractivity contribution in [2.75, 3.05) is 29.9 Å². The molecule has 0 atom stereocenters. The lowest BCUT2D eigenvalue weighted by Crippen LogP contribution is -2.41. The Morgan fingerprint density at radius 2 is 2.05 bits per heavy atom. The smallest absolute Gasteiger partial charge is 0.238 e. The van der Waals surface area contributed by atoms with Crippen molar-refractivity contribution < 1.29 is 4.79 Å². The van der Waals surface area contributed by atoms with Gasteiger partial charge in [-0.15, -0.1) is 0 Å². The van der Waals surface area contributed by atoms with E-state index in [1.54, 1.807) is 6.20 Å². The van der Waals surface area contributed by atoms with E-state index in [-0.39, 0.29) is 11.4 Å². The summed E-state index contributed by atoms with van der Waals surface area (Å²) in [4.78, 5) is 18.6. The number of hydrogen-bond acceptors (Lipinski definition) is 4. The van der Waals surface area contributed by atoms with E-state index >= 15 is 0 Å². The van der Waals surface area contributed by atoms with Crippen molar-refractivity contribution in [3.63, 3.8) is 0 Å². The highest BCUT2D eigenvalue weighted by molar-refractivity contribution is 5.95. The first-order valence-electron chi connectivity index (χ1n) is 7.20. The Labute approximate surface area is 120 Å². The zero-order valence-electron chi connectivity index (χ0n) is 12.6. The zero-order chi connectivity index (χ0) is 14.6. The highest BCUT2D eigenvalue weighted by atomic mass is 16.1. The Bertz CT molecular complexity index is 461. The molecule has 2 rings (SSSR count). The van der Waals surface area contributed by atoms with Gasteiger partial charge in [-0.2, -0.15) is 0 Å². The van der Waals surface area contributed by atoms with Crippen LogP contribution < -0.4 is 15.5 Å². The molecule has 110 valence electrons. The van der Waals surface area contributed by atoms with Crippen LogP contribution in [-0.2, 0) is 4.79 Å². The molecule has 0 saturated carbocycles. The van der Waals surface area contributed by atoms with Gasteiger partial charge < -0.3 is 15.5 Å². The third-order valence-corrected chi connectivity index (χ3v) is 3.25. The largest absolute Gasteiger partial charge is 0.355 e. The van der Waals surface area contributed by atoms with Crippen molar-refractivity contribution in [1.82, 2.24) is 10.3 Å². The summed E-state index contributed by atoms with van der Waals surface area (Å²) in [7, 11) is 0.